The molecule has 0 N–H and O–H groups in total. The largest absolute Gasteiger partial charge is 0.379 e. The van der Waals surface area contributed by atoms with Gasteiger partial charge in [-0.1, -0.05) is 23.5 Å². The Morgan fingerprint density at radius 3 is 2.68 bits per heavy atom. The van der Waals surface area contributed by atoms with Crippen LogP contribution < -0.4 is 4.90 Å². The zero-order valence-corrected chi connectivity index (χ0v) is 19.2. The Labute approximate surface area is 186 Å². The molecule has 1 aromatic carbocycles. The summed E-state index contributed by atoms with van der Waals surface area (Å²) >= 11 is 6.49. The van der Waals surface area contributed by atoms with Crippen LogP contribution in [0.25, 0.3) is 10.2 Å². The van der Waals surface area contributed by atoms with Crippen molar-refractivity contribution < 1.29 is 9.53 Å². The Hall–Kier alpha value is -1.03. The normalized spacial score (nSPS) is 14.8. The standard InChI is InChI=1S/C19H20BrN3O2S2.ClH/c20-17-7-6-16(26-17)18(24)23(9-3-8-22-10-12-25-13-11-22)19-21-14-4-1-2-5-15(14)27-19;/h1-2,4-7H,3,8-13H2;1H. The lowest BCUT2D eigenvalue weighted by atomic mass is 10.3. The third-order valence-corrected chi connectivity index (χ3v) is 7.17. The molecule has 0 bridgehead atoms. The number of ether oxygens (including phenoxy) is 1. The average molecular weight is 503 g/mol. The van der Waals surface area contributed by atoms with E-state index >= 15 is 0 Å². The van der Waals surface area contributed by atoms with Crippen LogP contribution in [0.5, 0.6) is 0 Å². The lowest BCUT2D eigenvalue weighted by molar-refractivity contribution is 0.0376. The van der Waals surface area contributed by atoms with Gasteiger partial charge >= 0.3 is 0 Å². The van der Waals surface area contributed by atoms with E-state index in [-0.39, 0.29) is 18.3 Å². The van der Waals surface area contributed by atoms with E-state index in [0.717, 1.165) is 63.3 Å². The number of benzene rings is 1. The summed E-state index contributed by atoms with van der Waals surface area (Å²) in [4.78, 5) is 22.8. The summed E-state index contributed by atoms with van der Waals surface area (Å²) < 4.78 is 7.48. The fourth-order valence-corrected chi connectivity index (χ4v) is 5.42. The first-order chi connectivity index (χ1) is 13.2. The summed E-state index contributed by atoms with van der Waals surface area (Å²) in [6.45, 7) is 5.14. The zero-order chi connectivity index (χ0) is 18.6. The molecule has 3 heterocycles. The molecule has 4 rings (SSSR count). The Morgan fingerprint density at radius 2 is 1.96 bits per heavy atom. The van der Waals surface area contributed by atoms with Crippen LogP contribution >= 0.6 is 51.0 Å². The second kappa shape index (κ2) is 10.1. The van der Waals surface area contributed by atoms with Gasteiger partial charge in [0, 0.05) is 26.2 Å². The maximum absolute atomic E-state index is 13.2. The fourth-order valence-electron chi connectivity index (χ4n) is 3.10. The number of hydrogen-bond donors (Lipinski definition) is 0. The third kappa shape index (κ3) is 5.11. The van der Waals surface area contributed by atoms with Gasteiger partial charge in [0.05, 0.1) is 32.1 Å². The number of para-hydroxylation sites is 1. The Kier molecular flexibility index (Phi) is 7.85. The van der Waals surface area contributed by atoms with Gasteiger partial charge in [-0.15, -0.1) is 23.7 Å². The van der Waals surface area contributed by atoms with Crippen LogP contribution in [0.1, 0.15) is 16.1 Å². The van der Waals surface area contributed by atoms with Gasteiger partial charge in [-0.2, -0.15) is 0 Å². The molecule has 5 nitrogen and oxygen atoms in total. The zero-order valence-electron chi connectivity index (χ0n) is 15.2. The Balaban J connectivity index is 0.00000225. The number of thiazole rings is 1. The van der Waals surface area contributed by atoms with Crippen LogP contribution in [-0.2, 0) is 4.74 Å². The van der Waals surface area contributed by atoms with Crippen LogP contribution in [0.3, 0.4) is 0 Å². The smallest absolute Gasteiger partial charge is 0.270 e. The number of fused-ring (bicyclic) bond motifs is 1. The highest BCUT2D eigenvalue weighted by molar-refractivity contribution is 9.11. The van der Waals surface area contributed by atoms with Gasteiger partial charge in [0.1, 0.15) is 0 Å². The molecule has 28 heavy (non-hydrogen) atoms. The summed E-state index contributed by atoms with van der Waals surface area (Å²) in [5, 5.41) is 0.771. The van der Waals surface area contributed by atoms with Crippen LogP contribution in [0.2, 0.25) is 0 Å². The van der Waals surface area contributed by atoms with Gasteiger partial charge in [-0.05, 0) is 46.6 Å². The fraction of sp³-hybridized carbons (Fsp3) is 0.368. The topological polar surface area (TPSA) is 45.7 Å². The number of carbonyl (C=O) groups excluding carboxylic acids is 1. The molecule has 0 saturated carbocycles. The first-order valence-corrected chi connectivity index (χ1v) is 11.4. The molecule has 0 atom stereocenters. The van der Waals surface area contributed by atoms with Crippen molar-refractivity contribution in [1.29, 1.82) is 0 Å². The first-order valence-electron chi connectivity index (χ1n) is 8.93. The monoisotopic (exact) mass is 501 g/mol. The lowest BCUT2D eigenvalue weighted by Gasteiger charge is -2.27. The second-order valence-corrected chi connectivity index (χ2v) is 9.80. The summed E-state index contributed by atoms with van der Waals surface area (Å²) in [6, 6.07) is 11.8. The number of halogens is 2. The van der Waals surface area contributed by atoms with Gasteiger partial charge in [0.2, 0.25) is 0 Å². The summed E-state index contributed by atoms with van der Waals surface area (Å²) in [7, 11) is 0. The minimum Gasteiger partial charge on any atom is -0.379 e. The van der Waals surface area contributed by atoms with Gasteiger partial charge in [-0.3, -0.25) is 14.6 Å². The highest BCUT2D eigenvalue weighted by Crippen LogP contribution is 2.31. The van der Waals surface area contributed by atoms with E-state index in [2.05, 4.69) is 26.9 Å². The number of aromatic nitrogens is 1. The molecule has 0 radical (unpaired) electrons. The molecule has 1 fully saturated rings. The predicted octanol–water partition coefficient (Wildman–Crippen LogP) is 4.91. The van der Waals surface area contributed by atoms with Crippen LogP contribution in [0.4, 0.5) is 5.13 Å². The van der Waals surface area contributed by atoms with Crippen LogP contribution in [-0.4, -0.2) is 55.2 Å². The van der Waals surface area contributed by atoms with Crippen molar-refractivity contribution in [2.24, 2.45) is 0 Å². The molecule has 0 spiro atoms. The lowest BCUT2D eigenvalue weighted by Crippen LogP contribution is -2.39. The molecule has 0 aliphatic carbocycles. The highest BCUT2D eigenvalue weighted by atomic mass is 79.9. The van der Waals surface area contributed by atoms with E-state index in [9.17, 15) is 4.79 Å². The number of carbonyl (C=O) groups is 1. The van der Waals surface area contributed by atoms with Crippen molar-refractivity contribution in [1.82, 2.24) is 9.88 Å². The number of anilines is 1. The third-order valence-electron chi connectivity index (χ3n) is 4.50. The Bertz CT molecular complexity index is 894. The molecule has 150 valence electrons. The minimum absolute atomic E-state index is 0. The van der Waals surface area contributed by atoms with E-state index in [1.54, 1.807) is 11.3 Å². The number of nitrogens with zero attached hydrogens (tertiary/aromatic N) is 3. The second-order valence-electron chi connectivity index (χ2n) is 6.33. The van der Waals surface area contributed by atoms with Crippen molar-refractivity contribution in [2.45, 2.75) is 6.42 Å². The molecular weight excluding hydrogens is 482 g/mol. The minimum atomic E-state index is 0. The number of hydrogen-bond acceptors (Lipinski definition) is 6. The van der Waals surface area contributed by atoms with Crippen molar-refractivity contribution in [3.63, 3.8) is 0 Å². The van der Waals surface area contributed by atoms with Gasteiger partial charge in [0.15, 0.2) is 5.13 Å². The SMILES string of the molecule is Cl.O=C(c1ccc(Br)s1)N(CCCN1CCOCC1)c1nc2ccccc2s1. The Morgan fingerprint density at radius 1 is 1.18 bits per heavy atom. The maximum atomic E-state index is 13.2. The molecule has 1 aliphatic rings. The molecule has 2 aromatic heterocycles. The number of amides is 1. The summed E-state index contributed by atoms with van der Waals surface area (Å²) in [6.07, 6.45) is 0.911. The van der Waals surface area contributed by atoms with E-state index in [4.69, 9.17) is 9.72 Å². The van der Waals surface area contributed by atoms with E-state index in [1.165, 1.54) is 11.3 Å². The molecule has 1 aliphatic heterocycles. The predicted molar refractivity (Wildman–Crippen MR) is 122 cm³/mol. The van der Waals surface area contributed by atoms with E-state index in [1.807, 2.05) is 35.2 Å². The molecule has 9 heteroatoms. The van der Waals surface area contributed by atoms with E-state index < -0.39 is 0 Å². The van der Waals surface area contributed by atoms with Gasteiger partial charge in [0.25, 0.3) is 5.91 Å². The molecule has 1 saturated heterocycles. The van der Waals surface area contributed by atoms with Gasteiger partial charge < -0.3 is 4.74 Å². The number of morpholine rings is 1. The van der Waals surface area contributed by atoms with Crippen LogP contribution in [0, 0.1) is 0 Å². The summed E-state index contributed by atoms with van der Waals surface area (Å²) in [5.74, 6) is 0.0201. The maximum Gasteiger partial charge on any atom is 0.270 e. The highest BCUT2D eigenvalue weighted by Gasteiger charge is 2.23. The van der Waals surface area contributed by atoms with Crippen molar-refractivity contribution in [3.8, 4) is 0 Å². The number of thiophene rings is 1. The van der Waals surface area contributed by atoms with Crippen molar-refractivity contribution >= 4 is 72.3 Å². The van der Waals surface area contributed by atoms with Gasteiger partial charge in [-0.25, -0.2) is 4.98 Å². The molecule has 0 unspecified atom stereocenters. The van der Waals surface area contributed by atoms with Crippen LogP contribution in [0.15, 0.2) is 40.2 Å². The molecule has 3 aromatic rings. The molecular formula is C19H21BrClN3O2S2. The summed E-state index contributed by atoms with van der Waals surface area (Å²) in [5.41, 5.74) is 0.941. The van der Waals surface area contributed by atoms with Crippen molar-refractivity contribution in [3.05, 3.63) is 45.1 Å². The first kappa shape index (κ1) is 21.7. The average Bonchev–Trinajstić information content (AvgIpc) is 3.31. The van der Waals surface area contributed by atoms with Crippen molar-refractivity contribution in [2.75, 3.05) is 44.3 Å². The van der Waals surface area contributed by atoms with E-state index in [0.29, 0.717) is 6.54 Å². The quantitative estimate of drug-likeness (QED) is 0.480. The molecule has 1 amide bonds. The number of rotatable bonds is 6.